The zero-order chi connectivity index (χ0) is 14.1. The Balaban J connectivity index is 1.89. The molecule has 0 amide bonds. The van der Waals surface area contributed by atoms with Gasteiger partial charge in [0.25, 0.3) is 0 Å². The molecule has 20 heavy (non-hydrogen) atoms. The van der Waals surface area contributed by atoms with E-state index in [0.29, 0.717) is 17.0 Å². The van der Waals surface area contributed by atoms with Gasteiger partial charge in [0.1, 0.15) is 11.2 Å². The van der Waals surface area contributed by atoms with Crippen molar-refractivity contribution in [3.05, 3.63) is 47.4 Å². The summed E-state index contributed by atoms with van der Waals surface area (Å²) in [5, 5.41) is 7.85. The molecule has 0 saturated carbocycles. The number of pyridine rings is 2. The Hall–Kier alpha value is -2.63. The summed E-state index contributed by atoms with van der Waals surface area (Å²) in [7, 11) is 1.77. The molecule has 0 unspecified atom stereocenters. The van der Waals surface area contributed by atoms with Crippen LogP contribution >= 0.6 is 0 Å². The molecule has 3 aromatic heterocycles. The average Bonchev–Trinajstić information content (AvgIpc) is 2.80. The van der Waals surface area contributed by atoms with Gasteiger partial charge < -0.3 is 0 Å². The molecule has 0 aromatic carbocycles. The molecular formula is C14H13N5O. The third-order valence-corrected chi connectivity index (χ3v) is 3.02. The van der Waals surface area contributed by atoms with Crippen LogP contribution in [0.15, 0.2) is 30.3 Å². The summed E-state index contributed by atoms with van der Waals surface area (Å²) in [6.45, 7) is 1.86. The van der Waals surface area contributed by atoms with Gasteiger partial charge in [-0.2, -0.15) is 0 Å². The second-order valence-electron chi connectivity index (χ2n) is 4.62. The van der Waals surface area contributed by atoms with E-state index in [1.54, 1.807) is 23.9 Å². The molecule has 0 aliphatic heterocycles. The zero-order valence-electron chi connectivity index (χ0n) is 11.2. The normalized spacial score (nSPS) is 10.9. The van der Waals surface area contributed by atoms with Crippen LogP contribution in [0, 0.1) is 6.92 Å². The van der Waals surface area contributed by atoms with Crippen molar-refractivity contribution in [2.75, 3.05) is 0 Å². The fourth-order valence-corrected chi connectivity index (χ4v) is 2.01. The van der Waals surface area contributed by atoms with Crippen molar-refractivity contribution in [3.8, 4) is 0 Å². The summed E-state index contributed by atoms with van der Waals surface area (Å²) in [5.74, 6) is -0.0457. The molecule has 0 atom stereocenters. The summed E-state index contributed by atoms with van der Waals surface area (Å²) in [5.41, 5.74) is 3.38. The third kappa shape index (κ3) is 2.27. The fraction of sp³-hybridized carbons (Fsp3) is 0.214. The van der Waals surface area contributed by atoms with Crippen LogP contribution in [0.5, 0.6) is 0 Å². The summed E-state index contributed by atoms with van der Waals surface area (Å²) in [4.78, 5) is 20.8. The first-order valence-electron chi connectivity index (χ1n) is 6.25. The molecule has 0 spiro atoms. The Labute approximate surface area is 115 Å². The van der Waals surface area contributed by atoms with Gasteiger partial charge in [-0.3, -0.25) is 9.78 Å². The molecule has 0 saturated heterocycles. The van der Waals surface area contributed by atoms with Gasteiger partial charge in [0, 0.05) is 12.7 Å². The first-order chi connectivity index (χ1) is 9.63. The van der Waals surface area contributed by atoms with Crippen LogP contribution in [0.3, 0.4) is 0 Å². The van der Waals surface area contributed by atoms with Crippen LogP contribution in [0.2, 0.25) is 0 Å². The predicted molar refractivity (Wildman–Crippen MR) is 73.3 cm³/mol. The number of rotatable bonds is 3. The predicted octanol–water partition coefficient (Wildman–Crippen LogP) is 1.49. The minimum atomic E-state index is -0.0457. The van der Waals surface area contributed by atoms with E-state index in [2.05, 4.69) is 20.3 Å². The van der Waals surface area contributed by atoms with E-state index in [1.807, 2.05) is 25.1 Å². The molecule has 0 N–H and O–H groups in total. The standard InChI is InChI=1S/C14H13N5O/c1-9-4-3-5-11(15-9)13(20)8-10-6-7-12-14(16-10)19(2)18-17-12/h3-7H,8H2,1-2H3. The number of aromatic nitrogens is 5. The van der Waals surface area contributed by atoms with Gasteiger partial charge in [-0.05, 0) is 31.2 Å². The second-order valence-corrected chi connectivity index (χ2v) is 4.62. The summed E-state index contributed by atoms with van der Waals surface area (Å²) >= 11 is 0. The monoisotopic (exact) mass is 267 g/mol. The Bertz CT molecular complexity index is 793. The lowest BCUT2D eigenvalue weighted by Crippen LogP contribution is -2.08. The van der Waals surface area contributed by atoms with E-state index in [-0.39, 0.29) is 12.2 Å². The highest BCUT2D eigenvalue weighted by Gasteiger charge is 2.11. The Morgan fingerprint density at radius 1 is 1.20 bits per heavy atom. The third-order valence-electron chi connectivity index (χ3n) is 3.02. The number of ketones is 1. The van der Waals surface area contributed by atoms with E-state index in [4.69, 9.17) is 0 Å². The number of hydrogen-bond acceptors (Lipinski definition) is 5. The first kappa shape index (κ1) is 12.4. The lowest BCUT2D eigenvalue weighted by molar-refractivity contribution is 0.0987. The van der Waals surface area contributed by atoms with E-state index in [9.17, 15) is 4.79 Å². The largest absolute Gasteiger partial charge is 0.292 e. The highest BCUT2D eigenvalue weighted by molar-refractivity contribution is 5.95. The van der Waals surface area contributed by atoms with E-state index in [0.717, 1.165) is 11.2 Å². The van der Waals surface area contributed by atoms with Crippen LogP contribution in [0.1, 0.15) is 21.9 Å². The minimum Gasteiger partial charge on any atom is -0.292 e. The van der Waals surface area contributed by atoms with E-state index in [1.165, 1.54) is 0 Å². The lowest BCUT2D eigenvalue weighted by atomic mass is 10.1. The number of fused-ring (bicyclic) bond motifs is 1. The molecule has 3 rings (SSSR count). The van der Waals surface area contributed by atoms with Gasteiger partial charge in [0.05, 0.1) is 12.1 Å². The maximum atomic E-state index is 12.2. The highest BCUT2D eigenvalue weighted by atomic mass is 16.1. The average molecular weight is 267 g/mol. The van der Waals surface area contributed by atoms with E-state index >= 15 is 0 Å². The van der Waals surface area contributed by atoms with Gasteiger partial charge in [-0.25, -0.2) is 9.67 Å². The SMILES string of the molecule is Cc1cccc(C(=O)Cc2ccc3nnn(C)c3n2)n1. The molecule has 3 heterocycles. The van der Waals surface area contributed by atoms with Crippen LogP contribution in [0.25, 0.3) is 11.2 Å². The van der Waals surface area contributed by atoms with Crippen molar-refractivity contribution in [3.63, 3.8) is 0 Å². The lowest BCUT2D eigenvalue weighted by Gasteiger charge is -2.02. The molecule has 0 radical (unpaired) electrons. The summed E-state index contributed by atoms with van der Waals surface area (Å²) in [6.07, 6.45) is 0.220. The molecule has 6 heteroatoms. The molecule has 100 valence electrons. The van der Waals surface area contributed by atoms with E-state index < -0.39 is 0 Å². The number of nitrogens with zero attached hydrogens (tertiary/aromatic N) is 5. The van der Waals surface area contributed by atoms with Crippen LogP contribution < -0.4 is 0 Å². The topological polar surface area (TPSA) is 73.6 Å². The molecule has 0 fully saturated rings. The van der Waals surface area contributed by atoms with Crippen molar-refractivity contribution in [1.29, 1.82) is 0 Å². The molecule has 6 nitrogen and oxygen atoms in total. The van der Waals surface area contributed by atoms with Crippen molar-refractivity contribution in [1.82, 2.24) is 25.0 Å². The number of carbonyl (C=O) groups excluding carboxylic acids is 1. The van der Waals surface area contributed by atoms with Crippen LogP contribution in [0.4, 0.5) is 0 Å². The van der Waals surface area contributed by atoms with Crippen molar-refractivity contribution in [2.24, 2.45) is 7.05 Å². The quantitative estimate of drug-likeness (QED) is 0.672. The number of hydrogen-bond donors (Lipinski definition) is 0. The number of carbonyl (C=O) groups is 1. The van der Waals surface area contributed by atoms with Crippen LogP contribution in [-0.2, 0) is 13.5 Å². The zero-order valence-corrected chi connectivity index (χ0v) is 11.2. The smallest absolute Gasteiger partial charge is 0.187 e. The van der Waals surface area contributed by atoms with Crippen molar-refractivity contribution in [2.45, 2.75) is 13.3 Å². The van der Waals surface area contributed by atoms with Gasteiger partial charge >= 0.3 is 0 Å². The van der Waals surface area contributed by atoms with Crippen LogP contribution in [-0.4, -0.2) is 30.7 Å². The first-order valence-corrected chi connectivity index (χ1v) is 6.25. The second kappa shape index (κ2) is 4.80. The molecular weight excluding hydrogens is 254 g/mol. The maximum absolute atomic E-state index is 12.2. The number of Topliss-reactive ketones (excluding diaryl/α,β-unsaturated/α-hetero) is 1. The Morgan fingerprint density at radius 2 is 2.05 bits per heavy atom. The van der Waals surface area contributed by atoms with Crippen molar-refractivity contribution >= 4 is 16.9 Å². The number of aryl methyl sites for hydroxylation is 2. The highest BCUT2D eigenvalue weighted by Crippen LogP contribution is 2.10. The molecule has 0 aliphatic rings. The minimum absolute atomic E-state index is 0.0457. The van der Waals surface area contributed by atoms with Crippen molar-refractivity contribution < 1.29 is 4.79 Å². The Morgan fingerprint density at radius 3 is 2.85 bits per heavy atom. The molecule has 3 aromatic rings. The van der Waals surface area contributed by atoms with Gasteiger partial charge in [-0.15, -0.1) is 5.10 Å². The Kier molecular flexibility index (Phi) is 2.98. The fourth-order valence-electron chi connectivity index (χ4n) is 2.01. The molecule has 0 aliphatic carbocycles. The summed E-state index contributed by atoms with van der Waals surface area (Å²) < 4.78 is 1.59. The molecule has 0 bridgehead atoms. The van der Waals surface area contributed by atoms with Gasteiger partial charge in [-0.1, -0.05) is 11.3 Å². The van der Waals surface area contributed by atoms with Gasteiger partial charge in [0.15, 0.2) is 11.4 Å². The van der Waals surface area contributed by atoms with Gasteiger partial charge in [0.2, 0.25) is 0 Å². The maximum Gasteiger partial charge on any atom is 0.187 e. The summed E-state index contributed by atoms with van der Waals surface area (Å²) in [6, 6.07) is 9.03.